The van der Waals surface area contributed by atoms with Gasteiger partial charge in [-0.15, -0.1) is 11.8 Å². The molecule has 2 N–H and O–H groups in total. The van der Waals surface area contributed by atoms with E-state index in [0.717, 1.165) is 31.0 Å². The van der Waals surface area contributed by atoms with Crippen LogP contribution in [0.1, 0.15) is 130 Å². The van der Waals surface area contributed by atoms with Gasteiger partial charge in [-0.1, -0.05) is 110 Å². The number of thioether (sulfide) groups is 1. The lowest BCUT2D eigenvalue weighted by molar-refractivity contribution is -0.139. The number of carboxylic acid groups (broad SMARTS) is 2. The first kappa shape index (κ1) is 28.3. The minimum Gasteiger partial charge on any atom is -0.480 e. The molecular weight excluding hydrogens is 384 g/mol. The predicted octanol–water partition coefficient (Wildman–Crippen LogP) is 7.69. The average Bonchev–Trinajstić information content (AvgIpc) is 2.67. The highest BCUT2D eigenvalue weighted by Gasteiger charge is 2.36. The molecule has 0 heterocycles. The molecule has 0 aromatic heterocycles. The van der Waals surface area contributed by atoms with Gasteiger partial charge in [0, 0.05) is 0 Å². The third kappa shape index (κ3) is 15.7. The Morgan fingerprint density at radius 3 is 1.38 bits per heavy atom. The molecule has 0 bridgehead atoms. The molecule has 2 atom stereocenters. The van der Waals surface area contributed by atoms with Crippen molar-refractivity contribution in [2.75, 3.05) is 0 Å². The Morgan fingerprint density at radius 1 is 0.724 bits per heavy atom. The number of carbonyl (C=O) groups is 2. The van der Waals surface area contributed by atoms with Gasteiger partial charge in [0.25, 0.3) is 0 Å². The first-order chi connectivity index (χ1) is 13.8. The topological polar surface area (TPSA) is 74.6 Å². The third-order valence-corrected chi connectivity index (χ3v) is 7.20. The number of unbranched alkanes of at least 4 members (excludes halogenated alkanes) is 15. The van der Waals surface area contributed by atoms with E-state index in [0.29, 0.717) is 6.42 Å². The van der Waals surface area contributed by atoms with Gasteiger partial charge < -0.3 is 10.2 Å². The van der Waals surface area contributed by atoms with Gasteiger partial charge in [-0.2, -0.15) is 0 Å². The Balaban J connectivity index is 3.55. The van der Waals surface area contributed by atoms with Crippen LogP contribution >= 0.6 is 11.8 Å². The summed E-state index contributed by atoms with van der Waals surface area (Å²) in [5.41, 5.74) is 0. The van der Waals surface area contributed by atoms with Gasteiger partial charge in [0.05, 0.1) is 0 Å². The smallest absolute Gasteiger partial charge is 0.319 e. The van der Waals surface area contributed by atoms with Crippen molar-refractivity contribution in [3.63, 3.8) is 0 Å². The molecule has 0 aliphatic rings. The lowest BCUT2D eigenvalue weighted by atomic mass is 10.0. The number of rotatable bonds is 21. The fourth-order valence-electron chi connectivity index (χ4n) is 3.67. The fourth-order valence-corrected chi connectivity index (χ4v) is 4.91. The normalized spacial score (nSPS) is 14.4. The number of hydrogen-bond acceptors (Lipinski definition) is 3. The molecule has 0 aromatic rings. The van der Waals surface area contributed by atoms with E-state index in [1.165, 1.54) is 83.5 Å². The molecule has 29 heavy (non-hydrogen) atoms. The summed E-state index contributed by atoms with van der Waals surface area (Å²) < 4.78 is -1.01. The van der Waals surface area contributed by atoms with Crippen molar-refractivity contribution in [1.29, 1.82) is 0 Å². The lowest BCUT2D eigenvalue weighted by Crippen LogP contribution is -2.35. The zero-order chi connectivity index (χ0) is 22.0. The molecule has 2 unspecified atom stereocenters. The number of carboxylic acids is 2. The Hall–Kier alpha value is -0.710. The maximum atomic E-state index is 11.6. The first-order valence-electron chi connectivity index (χ1n) is 12.0. The Bertz CT molecular complexity index is 427. The Labute approximate surface area is 183 Å². The van der Waals surface area contributed by atoms with Crippen molar-refractivity contribution in [2.24, 2.45) is 0 Å². The zero-order valence-corrected chi connectivity index (χ0v) is 20.0. The quantitative estimate of drug-likeness (QED) is 0.183. The van der Waals surface area contributed by atoms with E-state index in [1.54, 1.807) is 13.8 Å². The molecule has 0 aromatic carbocycles. The second kappa shape index (κ2) is 18.1. The van der Waals surface area contributed by atoms with E-state index in [9.17, 15) is 14.7 Å². The molecule has 0 amide bonds. The minimum atomic E-state index is -1.01. The number of hydrogen-bond donors (Lipinski definition) is 2. The highest BCUT2D eigenvalue weighted by atomic mass is 32.2. The lowest BCUT2D eigenvalue weighted by Gasteiger charge is -2.26. The molecule has 0 aliphatic heterocycles. The van der Waals surface area contributed by atoms with E-state index in [4.69, 9.17) is 5.11 Å². The van der Waals surface area contributed by atoms with Gasteiger partial charge in [0.15, 0.2) is 0 Å². The van der Waals surface area contributed by atoms with Crippen LogP contribution in [0.3, 0.4) is 0 Å². The first-order valence-corrected chi connectivity index (χ1v) is 12.9. The highest BCUT2D eigenvalue weighted by Crippen LogP contribution is 2.34. The molecule has 4 nitrogen and oxygen atoms in total. The maximum Gasteiger partial charge on any atom is 0.319 e. The number of aliphatic carboxylic acids is 2. The fraction of sp³-hybridized carbons (Fsp3) is 0.917. The van der Waals surface area contributed by atoms with Gasteiger partial charge in [-0.05, 0) is 20.3 Å². The van der Waals surface area contributed by atoms with Gasteiger partial charge in [-0.3, -0.25) is 9.59 Å². The highest BCUT2D eigenvalue weighted by molar-refractivity contribution is 8.02. The summed E-state index contributed by atoms with van der Waals surface area (Å²) in [6, 6.07) is 0. The SMILES string of the molecule is CCCCCCCCCCCCCCCCCCC(C)(SC(C)C(=O)O)C(=O)O. The van der Waals surface area contributed by atoms with Crippen molar-refractivity contribution in [2.45, 2.75) is 140 Å². The standard InChI is InChI=1S/C24H46O4S/c1-4-5-6-7-8-9-10-11-12-13-14-15-16-17-18-19-20-24(3,23(27)28)29-21(2)22(25)26/h21H,4-20H2,1-3H3,(H,25,26)(H,27,28). The van der Waals surface area contributed by atoms with Crippen LogP contribution in [0, 0.1) is 0 Å². The summed E-state index contributed by atoms with van der Waals surface area (Å²) in [7, 11) is 0. The van der Waals surface area contributed by atoms with E-state index in [-0.39, 0.29) is 0 Å². The van der Waals surface area contributed by atoms with Crippen molar-refractivity contribution in [3.05, 3.63) is 0 Å². The summed E-state index contributed by atoms with van der Waals surface area (Å²) >= 11 is 1.05. The molecule has 0 saturated carbocycles. The molecule has 0 spiro atoms. The van der Waals surface area contributed by atoms with E-state index in [2.05, 4.69) is 6.92 Å². The van der Waals surface area contributed by atoms with E-state index >= 15 is 0 Å². The van der Waals surface area contributed by atoms with Crippen molar-refractivity contribution in [3.8, 4) is 0 Å². The molecule has 5 heteroatoms. The van der Waals surface area contributed by atoms with Crippen LogP contribution in [-0.2, 0) is 9.59 Å². The summed E-state index contributed by atoms with van der Waals surface area (Å²) in [5.74, 6) is -1.86. The second-order valence-corrected chi connectivity index (χ2v) is 10.5. The van der Waals surface area contributed by atoms with Crippen LogP contribution in [0.4, 0.5) is 0 Å². The van der Waals surface area contributed by atoms with Gasteiger partial charge >= 0.3 is 11.9 Å². The molecule has 0 aliphatic carbocycles. The van der Waals surface area contributed by atoms with Crippen molar-refractivity contribution in [1.82, 2.24) is 0 Å². The Kier molecular flexibility index (Phi) is 17.6. The monoisotopic (exact) mass is 430 g/mol. The molecule has 0 rings (SSSR count). The maximum absolute atomic E-state index is 11.6. The van der Waals surface area contributed by atoms with Crippen LogP contribution in [-0.4, -0.2) is 32.1 Å². The van der Waals surface area contributed by atoms with Crippen LogP contribution in [0.25, 0.3) is 0 Å². The van der Waals surface area contributed by atoms with Crippen molar-refractivity contribution < 1.29 is 19.8 Å². The summed E-state index contributed by atoms with van der Waals surface area (Å²) in [6.45, 7) is 5.48. The molecule has 0 saturated heterocycles. The Morgan fingerprint density at radius 2 is 1.07 bits per heavy atom. The van der Waals surface area contributed by atoms with Crippen LogP contribution in [0.15, 0.2) is 0 Å². The third-order valence-electron chi connectivity index (χ3n) is 5.74. The van der Waals surface area contributed by atoms with Crippen LogP contribution in [0.5, 0.6) is 0 Å². The van der Waals surface area contributed by atoms with Crippen molar-refractivity contribution >= 4 is 23.7 Å². The van der Waals surface area contributed by atoms with Gasteiger partial charge in [-0.25, -0.2) is 0 Å². The molecular formula is C24H46O4S. The molecule has 0 fully saturated rings. The van der Waals surface area contributed by atoms with E-state index < -0.39 is 21.9 Å². The van der Waals surface area contributed by atoms with Crippen LogP contribution < -0.4 is 0 Å². The minimum absolute atomic E-state index is 0.531. The average molecular weight is 431 g/mol. The summed E-state index contributed by atoms with van der Waals surface area (Å²) in [6.07, 6.45) is 21.2. The zero-order valence-electron chi connectivity index (χ0n) is 19.2. The van der Waals surface area contributed by atoms with Gasteiger partial charge in [0.1, 0.15) is 10.00 Å². The van der Waals surface area contributed by atoms with Crippen LogP contribution in [0.2, 0.25) is 0 Å². The van der Waals surface area contributed by atoms with Gasteiger partial charge in [0.2, 0.25) is 0 Å². The second-order valence-electron chi connectivity index (χ2n) is 8.69. The largest absolute Gasteiger partial charge is 0.480 e. The molecule has 172 valence electrons. The van der Waals surface area contributed by atoms with E-state index in [1.807, 2.05) is 0 Å². The molecule has 0 radical (unpaired) electrons. The summed E-state index contributed by atoms with van der Waals surface area (Å²) in [4.78, 5) is 22.6. The predicted molar refractivity (Wildman–Crippen MR) is 125 cm³/mol. The summed E-state index contributed by atoms with van der Waals surface area (Å²) in [5, 5.41) is 17.8.